The number of pyridine rings is 1. The van der Waals surface area contributed by atoms with E-state index in [0.717, 1.165) is 53.7 Å². The number of nitrogens with zero attached hydrogens (tertiary/aromatic N) is 1. The van der Waals surface area contributed by atoms with Gasteiger partial charge in [-0.1, -0.05) is 35.4 Å². The van der Waals surface area contributed by atoms with Crippen LogP contribution in [0.25, 0.3) is 53.7 Å². The minimum Gasteiger partial charge on any atom is -0.451 e. The zero-order valence-electron chi connectivity index (χ0n) is 18.0. The fourth-order valence-electron chi connectivity index (χ4n) is 4.66. The van der Waals surface area contributed by atoms with Gasteiger partial charge in [-0.05, 0) is 68.1 Å². The third-order valence-corrected chi connectivity index (χ3v) is 7.39. The van der Waals surface area contributed by atoms with Crippen molar-refractivity contribution in [2.24, 2.45) is 0 Å². The molecular formula is C28H20FNOS. The first-order chi connectivity index (χ1) is 15.5. The monoisotopic (exact) mass is 437 g/mol. The van der Waals surface area contributed by atoms with Crippen molar-refractivity contribution in [2.75, 3.05) is 0 Å². The molecule has 0 bridgehead atoms. The highest BCUT2D eigenvalue weighted by Crippen LogP contribution is 2.43. The van der Waals surface area contributed by atoms with E-state index in [0.29, 0.717) is 11.1 Å². The number of fused-ring (bicyclic) bond motifs is 4. The molecule has 0 saturated heterocycles. The van der Waals surface area contributed by atoms with Crippen LogP contribution in [0, 0.1) is 26.6 Å². The van der Waals surface area contributed by atoms with E-state index < -0.39 is 0 Å². The number of thiophene rings is 1. The van der Waals surface area contributed by atoms with Gasteiger partial charge in [-0.25, -0.2) is 4.39 Å². The second-order valence-corrected chi connectivity index (χ2v) is 9.42. The summed E-state index contributed by atoms with van der Waals surface area (Å²) in [5.74, 6) is -0.320. The Morgan fingerprint density at radius 3 is 2.34 bits per heavy atom. The molecule has 0 fully saturated rings. The van der Waals surface area contributed by atoms with E-state index in [4.69, 9.17) is 4.42 Å². The van der Waals surface area contributed by atoms with Crippen LogP contribution < -0.4 is 0 Å². The Kier molecular flexibility index (Phi) is 4.21. The zero-order valence-corrected chi connectivity index (χ0v) is 18.8. The number of aryl methyl sites for hydroxylation is 3. The molecule has 3 aromatic carbocycles. The summed E-state index contributed by atoms with van der Waals surface area (Å²) in [4.78, 5) is 5.54. The van der Waals surface area contributed by atoms with E-state index in [1.165, 1.54) is 0 Å². The Hall–Kier alpha value is -3.50. The highest BCUT2D eigenvalue weighted by Gasteiger charge is 2.21. The normalized spacial score (nSPS) is 11.8. The van der Waals surface area contributed by atoms with E-state index in [2.05, 4.69) is 56.1 Å². The van der Waals surface area contributed by atoms with Crippen molar-refractivity contribution in [3.05, 3.63) is 89.4 Å². The number of furan rings is 1. The van der Waals surface area contributed by atoms with Crippen LogP contribution in [0.1, 0.15) is 16.7 Å². The first-order valence-corrected chi connectivity index (χ1v) is 11.4. The molecule has 0 amide bonds. The smallest absolute Gasteiger partial charge is 0.175 e. The number of hydrogen-bond donors (Lipinski definition) is 0. The third-order valence-electron chi connectivity index (χ3n) is 6.08. The van der Waals surface area contributed by atoms with Crippen molar-refractivity contribution in [3.63, 3.8) is 0 Å². The lowest BCUT2D eigenvalue weighted by Crippen LogP contribution is -1.86. The van der Waals surface area contributed by atoms with Gasteiger partial charge in [0.1, 0.15) is 5.69 Å². The van der Waals surface area contributed by atoms with Gasteiger partial charge in [-0.15, -0.1) is 11.3 Å². The van der Waals surface area contributed by atoms with Gasteiger partial charge < -0.3 is 4.42 Å². The summed E-state index contributed by atoms with van der Waals surface area (Å²) in [6, 6.07) is 20.2. The fourth-order valence-corrected chi connectivity index (χ4v) is 5.89. The summed E-state index contributed by atoms with van der Waals surface area (Å²) in [6.45, 7) is 6.18. The summed E-state index contributed by atoms with van der Waals surface area (Å²) in [5.41, 5.74) is 6.61. The van der Waals surface area contributed by atoms with Crippen LogP contribution >= 0.6 is 11.3 Å². The predicted molar refractivity (Wildman–Crippen MR) is 132 cm³/mol. The Morgan fingerprint density at radius 1 is 0.812 bits per heavy atom. The molecule has 156 valence electrons. The maximum Gasteiger partial charge on any atom is 0.175 e. The number of halogens is 1. The Balaban J connectivity index is 1.62. The highest BCUT2D eigenvalue weighted by molar-refractivity contribution is 7.22. The molecule has 0 aliphatic heterocycles. The molecule has 0 saturated carbocycles. The molecule has 2 nitrogen and oxygen atoms in total. The van der Waals surface area contributed by atoms with E-state index in [-0.39, 0.29) is 11.4 Å². The van der Waals surface area contributed by atoms with E-state index in [1.54, 1.807) is 17.5 Å². The second kappa shape index (κ2) is 7.01. The molecule has 6 rings (SSSR count). The second-order valence-electron chi connectivity index (χ2n) is 8.37. The summed E-state index contributed by atoms with van der Waals surface area (Å²) in [5, 5.41) is 2.81. The maximum atomic E-state index is 15.9. The lowest BCUT2D eigenvalue weighted by atomic mass is 10.0. The van der Waals surface area contributed by atoms with Crippen LogP contribution in [0.3, 0.4) is 0 Å². The van der Waals surface area contributed by atoms with E-state index in [9.17, 15) is 0 Å². The van der Waals surface area contributed by atoms with Crippen LogP contribution in [0.4, 0.5) is 4.39 Å². The molecule has 0 spiro atoms. The van der Waals surface area contributed by atoms with E-state index >= 15 is 4.39 Å². The van der Waals surface area contributed by atoms with Crippen molar-refractivity contribution in [2.45, 2.75) is 20.8 Å². The first-order valence-electron chi connectivity index (χ1n) is 10.6. The zero-order chi connectivity index (χ0) is 22.0. The van der Waals surface area contributed by atoms with Crippen LogP contribution in [-0.2, 0) is 0 Å². The molecule has 0 aliphatic carbocycles. The minimum absolute atomic E-state index is 0.285. The Labute approximate surface area is 189 Å². The van der Waals surface area contributed by atoms with Crippen molar-refractivity contribution < 1.29 is 8.81 Å². The molecule has 3 aromatic heterocycles. The molecule has 0 N–H and O–H groups in total. The fraction of sp³-hybridized carbons (Fsp3) is 0.107. The lowest BCUT2D eigenvalue weighted by molar-refractivity contribution is 0.586. The van der Waals surface area contributed by atoms with Gasteiger partial charge in [-0.2, -0.15) is 0 Å². The molecule has 3 heterocycles. The molecule has 0 aliphatic rings. The van der Waals surface area contributed by atoms with Gasteiger partial charge >= 0.3 is 0 Å². The van der Waals surface area contributed by atoms with Gasteiger partial charge in [0.15, 0.2) is 17.0 Å². The van der Waals surface area contributed by atoms with Crippen LogP contribution in [0.15, 0.2) is 71.3 Å². The van der Waals surface area contributed by atoms with Gasteiger partial charge in [-0.3, -0.25) is 4.98 Å². The Morgan fingerprint density at radius 2 is 1.56 bits per heavy atom. The molecule has 32 heavy (non-hydrogen) atoms. The maximum absolute atomic E-state index is 15.9. The van der Waals surface area contributed by atoms with E-state index in [1.807, 2.05) is 30.3 Å². The van der Waals surface area contributed by atoms with Crippen LogP contribution in [-0.4, -0.2) is 4.98 Å². The van der Waals surface area contributed by atoms with Crippen LogP contribution in [0.5, 0.6) is 0 Å². The van der Waals surface area contributed by atoms with Gasteiger partial charge in [0.2, 0.25) is 0 Å². The van der Waals surface area contributed by atoms with Gasteiger partial charge in [0, 0.05) is 37.7 Å². The number of hydrogen-bond acceptors (Lipinski definition) is 3. The van der Waals surface area contributed by atoms with Crippen molar-refractivity contribution in [1.29, 1.82) is 0 Å². The summed E-state index contributed by atoms with van der Waals surface area (Å²) in [7, 11) is 0. The number of benzene rings is 3. The van der Waals surface area contributed by atoms with Crippen molar-refractivity contribution in [1.82, 2.24) is 4.98 Å². The van der Waals surface area contributed by atoms with Crippen molar-refractivity contribution in [3.8, 4) is 21.7 Å². The van der Waals surface area contributed by atoms with Crippen LogP contribution in [0.2, 0.25) is 0 Å². The number of rotatable bonds is 2. The summed E-state index contributed by atoms with van der Waals surface area (Å²) in [6.07, 6.45) is 1.77. The molecule has 0 atom stereocenters. The molecule has 4 heteroatoms. The standard InChI is InChI=1S/C28H20FNOS/c1-15-12-16(2)14-18(13-15)25-27-21(10-11-30-25)20-8-9-22(24(29)26(20)31-27)28-17(3)19-6-4-5-7-23(19)32-28/h4-14H,1-3H3. The highest BCUT2D eigenvalue weighted by atomic mass is 32.1. The largest absolute Gasteiger partial charge is 0.451 e. The minimum atomic E-state index is -0.320. The lowest BCUT2D eigenvalue weighted by Gasteiger charge is -2.05. The summed E-state index contributed by atoms with van der Waals surface area (Å²) < 4.78 is 23.2. The SMILES string of the molecule is Cc1cc(C)cc(-c2nccc3c2oc2c(F)c(-c4sc5ccccc5c4C)ccc23)c1. The van der Waals surface area contributed by atoms with Gasteiger partial charge in [0.25, 0.3) is 0 Å². The average molecular weight is 438 g/mol. The summed E-state index contributed by atoms with van der Waals surface area (Å²) >= 11 is 1.62. The third kappa shape index (κ3) is 2.80. The molecule has 0 unspecified atom stereocenters. The quantitative estimate of drug-likeness (QED) is 0.271. The molecule has 0 radical (unpaired) electrons. The molecular weight excluding hydrogens is 417 g/mol. The number of aromatic nitrogens is 1. The first kappa shape index (κ1) is 19.2. The Bertz CT molecular complexity index is 1650. The van der Waals surface area contributed by atoms with Gasteiger partial charge in [0.05, 0.1) is 0 Å². The van der Waals surface area contributed by atoms with Crippen molar-refractivity contribution >= 4 is 43.4 Å². The topological polar surface area (TPSA) is 26.0 Å². The average Bonchev–Trinajstić information content (AvgIpc) is 3.32. The molecule has 6 aromatic rings. The predicted octanol–water partition coefficient (Wildman–Crippen LogP) is 8.59.